The molecule has 1 aliphatic rings. The van der Waals surface area contributed by atoms with Gasteiger partial charge in [-0.3, -0.25) is 0 Å². The standard InChI is InChI=1S/C16H23IN4/c1-12-6-4-2-3-5-7-13(9-8-12)15-19-14-10-11-18-21(14)16(17)20-15/h10-13H,2-9H2,1H3. The quantitative estimate of drug-likeness (QED) is 0.661. The average Bonchev–Trinajstić information content (AvgIpc) is 2.95. The molecule has 114 valence electrons. The maximum Gasteiger partial charge on any atom is 0.195 e. The van der Waals surface area contributed by atoms with E-state index in [9.17, 15) is 0 Å². The molecule has 2 aromatic heterocycles. The summed E-state index contributed by atoms with van der Waals surface area (Å²) in [5.41, 5.74) is 0.926. The molecule has 21 heavy (non-hydrogen) atoms. The highest BCUT2D eigenvalue weighted by atomic mass is 127. The van der Waals surface area contributed by atoms with E-state index in [2.05, 4.69) is 34.6 Å². The number of hydrogen-bond donors (Lipinski definition) is 0. The van der Waals surface area contributed by atoms with Crippen molar-refractivity contribution in [2.24, 2.45) is 5.92 Å². The zero-order chi connectivity index (χ0) is 14.7. The molecule has 0 saturated heterocycles. The third kappa shape index (κ3) is 3.73. The van der Waals surface area contributed by atoms with Crippen molar-refractivity contribution in [1.82, 2.24) is 19.6 Å². The first-order chi connectivity index (χ1) is 10.2. The molecule has 5 heteroatoms. The van der Waals surface area contributed by atoms with Crippen LogP contribution in [0.4, 0.5) is 0 Å². The van der Waals surface area contributed by atoms with Crippen molar-refractivity contribution in [1.29, 1.82) is 0 Å². The number of rotatable bonds is 1. The van der Waals surface area contributed by atoms with Crippen LogP contribution in [-0.4, -0.2) is 19.6 Å². The fourth-order valence-corrected chi connectivity index (χ4v) is 3.88. The molecule has 0 spiro atoms. The number of fused-ring (bicyclic) bond motifs is 1. The van der Waals surface area contributed by atoms with Gasteiger partial charge in [0.15, 0.2) is 9.48 Å². The maximum absolute atomic E-state index is 4.76. The van der Waals surface area contributed by atoms with Gasteiger partial charge in [-0.15, -0.1) is 0 Å². The van der Waals surface area contributed by atoms with Crippen LogP contribution in [0.25, 0.3) is 5.65 Å². The first kappa shape index (κ1) is 15.2. The van der Waals surface area contributed by atoms with Gasteiger partial charge in [-0.2, -0.15) is 9.61 Å². The van der Waals surface area contributed by atoms with Gasteiger partial charge in [0.25, 0.3) is 0 Å². The molecule has 1 fully saturated rings. The van der Waals surface area contributed by atoms with Crippen LogP contribution < -0.4 is 0 Å². The maximum atomic E-state index is 4.76. The molecule has 2 heterocycles. The van der Waals surface area contributed by atoms with Gasteiger partial charge in [0.1, 0.15) is 5.82 Å². The van der Waals surface area contributed by atoms with Crippen molar-refractivity contribution < 1.29 is 0 Å². The van der Waals surface area contributed by atoms with Crippen LogP contribution in [0.3, 0.4) is 0 Å². The predicted octanol–water partition coefficient (Wildman–Crippen LogP) is 4.58. The lowest BCUT2D eigenvalue weighted by atomic mass is 9.87. The molecule has 0 N–H and O–H groups in total. The van der Waals surface area contributed by atoms with Crippen LogP contribution in [-0.2, 0) is 0 Å². The molecule has 2 aromatic rings. The third-order valence-electron chi connectivity index (χ3n) is 4.61. The summed E-state index contributed by atoms with van der Waals surface area (Å²) >= 11 is 2.26. The van der Waals surface area contributed by atoms with E-state index in [1.807, 2.05) is 10.6 Å². The minimum atomic E-state index is 0.513. The molecular formula is C16H23IN4. The highest BCUT2D eigenvalue weighted by Gasteiger charge is 2.19. The zero-order valence-corrected chi connectivity index (χ0v) is 14.8. The zero-order valence-electron chi connectivity index (χ0n) is 12.6. The Morgan fingerprint density at radius 1 is 1.05 bits per heavy atom. The van der Waals surface area contributed by atoms with Crippen molar-refractivity contribution >= 4 is 28.2 Å². The lowest BCUT2D eigenvalue weighted by Gasteiger charge is -2.20. The topological polar surface area (TPSA) is 43.1 Å². The average molecular weight is 398 g/mol. The number of nitrogens with zero attached hydrogens (tertiary/aromatic N) is 4. The summed E-state index contributed by atoms with van der Waals surface area (Å²) in [6.07, 6.45) is 12.4. The van der Waals surface area contributed by atoms with E-state index >= 15 is 0 Å². The van der Waals surface area contributed by atoms with E-state index in [1.54, 1.807) is 6.20 Å². The Morgan fingerprint density at radius 2 is 1.86 bits per heavy atom. The molecule has 1 aliphatic carbocycles. The van der Waals surface area contributed by atoms with Crippen molar-refractivity contribution in [2.45, 2.75) is 64.2 Å². The Kier molecular flexibility index (Phi) is 5.08. The smallest absolute Gasteiger partial charge is 0.195 e. The van der Waals surface area contributed by atoms with E-state index in [-0.39, 0.29) is 0 Å². The Labute approximate surface area is 139 Å². The van der Waals surface area contributed by atoms with Gasteiger partial charge in [-0.1, -0.05) is 45.4 Å². The summed E-state index contributed by atoms with van der Waals surface area (Å²) in [7, 11) is 0. The molecule has 0 bridgehead atoms. The Morgan fingerprint density at radius 3 is 2.71 bits per heavy atom. The normalized spacial score (nSPS) is 25.0. The summed E-state index contributed by atoms with van der Waals surface area (Å²) in [6.45, 7) is 2.39. The SMILES string of the molecule is CC1CCCCCCC(c2nc(I)n3nccc3n2)CC1. The first-order valence-electron chi connectivity index (χ1n) is 8.11. The second kappa shape index (κ2) is 7.03. The van der Waals surface area contributed by atoms with E-state index in [4.69, 9.17) is 9.97 Å². The summed E-state index contributed by atoms with van der Waals surface area (Å²) in [5, 5.41) is 4.26. The van der Waals surface area contributed by atoms with E-state index in [1.165, 1.54) is 51.4 Å². The summed E-state index contributed by atoms with van der Waals surface area (Å²) in [6, 6.07) is 1.97. The monoisotopic (exact) mass is 398 g/mol. The van der Waals surface area contributed by atoms with Gasteiger partial charge >= 0.3 is 0 Å². The highest BCUT2D eigenvalue weighted by Crippen LogP contribution is 2.30. The predicted molar refractivity (Wildman–Crippen MR) is 92.3 cm³/mol. The van der Waals surface area contributed by atoms with Crippen LogP contribution in [0, 0.1) is 9.75 Å². The van der Waals surface area contributed by atoms with Crippen molar-refractivity contribution in [3.8, 4) is 0 Å². The summed E-state index contributed by atoms with van der Waals surface area (Å²) in [4.78, 5) is 9.48. The van der Waals surface area contributed by atoms with Gasteiger partial charge in [-0.25, -0.2) is 9.97 Å². The number of halogens is 1. The van der Waals surface area contributed by atoms with Crippen LogP contribution in [0.1, 0.15) is 70.0 Å². The third-order valence-corrected chi connectivity index (χ3v) is 5.30. The second-order valence-corrected chi connectivity index (χ2v) is 7.29. The van der Waals surface area contributed by atoms with Crippen LogP contribution in [0.2, 0.25) is 0 Å². The fraction of sp³-hybridized carbons (Fsp3) is 0.688. The Hall–Kier alpha value is -0.720. The molecule has 1 saturated carbocycles. The first-order valence-corrected chi connectivity index (χ1v) is 9.19. The van der Waals surface area contributed by atoms with Gasteiger partial charge < -0.3 is 0 Å². The second-order valence-electron chi connectivity index (χ2n) is 6.32. The minimum absolute atomic E-state index is 0.513. The van der Waals surface area contributed by atoms with Gasteiger partial charge in [-0.05, 0) is 18.8 Å². The minimum Gasteiger partial charge on any atom is -0.213 e. The molecule has 3 rings (SSSR count). The van der Waals surface area contributed by atoms with Crippen LogP contribution in [0.5, 0.6) is 0 Å². The lowest BCUT2D eigenvalue weighted by Crippen LogP contribution is -2.12. The number of hydrogen-bond acceptors (Lipinski definition) is 3. The number of aromatic nitrogens is 4. The molecule has 0 radical (unpaired) electrons. The summed E-state index contributed by atoms with van der Waals surface area (Å²) < 4.78 is 2.73. The molecule has 0 aliphatic heterocycles. The van der Waals surface area contributed by atoms with Crippen LogP contribution >= 0.6 is 22.6 Å². The van der Waals surface area contributed by atoms with Gasteiger partial charge in [0.2, 0.25) is 0 Å². The van der Waals surface area contributed by atoms with E-state index < -0.39 is 0 Å². The van der Waals surface area contributed by atoms with Crippen molar-refractivity contribution in [3.05, 3.63) is 21.9 Å². The lowest BCUT2D eigenvalue weighted by molar-refractivity contribution is 0.383. The molecule has 0 aromatic carbocycles. The van der Waals surface area contributed by atoms with Crippen LogP contribution in [0.15, 0.2) is 12.3 Å². The van der Waals surface area contributed by atoms with Gasteiger partial charge in [0.05, 0.1) is 6.20 Å². The fourth-order valence-electron chi connectivity index (χ4n) is 3.26. The Balaban J connectivity index is 1.83. The molecular weight excluding hydrogens is 375 g/mol. The Bertz CT molecular complexity index is 595. The van der Waals surface area contributed by atoms with Gasteiger partial charge in [0, 0.05) is 34.6 Å². The van der Waals surface area contributed by atoms with E-state index in [0.29, 0.717) is 5.92 Å². The highest BCUT2D eigenvalue weighted by molar-refractivity contribution is 14.1. The van der Waals surface area contributed by atoms with Crippen molar-refractivity contribution in [3.63, 3.8) is 0 Å². The molecule has 2 unspecified atom stereocenters. The molecule has 4 nitrogen and oxygen atoms in total. The largest absolute Gasteiger partial charge is 0.213 e. The van der Waals surface area contributed by atoms with Crippen molar-refractivity contribution in [2.75, 3.05) is 0 Å². The van der Waals surface area contributed by atoms with E-state index in [0.717, 1.165) is 21.2 Å². The summed E-state index contributed by atoms with van der Waals surface area (Å²) in [5.74, 6) is 2.38. The molecule has 0 amide bonds. The molecule has 2 atom stereocenters.